The molecule has 0 radical (unpaired) electrons. The van der Waals surface area contributed by atoms with Crippen LogP contribution in [0.15, 0.2) is 29.2 Å². The summed E-state index contributed by atoms with van der Waals surface area (Å²) in [7, 11) is 0. The molecule has 0 fully saturated rings. The minimum atomic E-state index is -0.134. The minimum Gasteiger partial charge on any atom is -0.392 e. The maximum atomic E-state index is 10.7. The zero-order valence-corrected chi connectivity index (χ0v) is 5.95. The number of hydrogen-bond acceptors (Lipinski definition) is 2. The normalized spacial score (nSPS) is 10.6. The summed E-state index contributed by atoms with van der Waals surface area (Å²) in [6.45, 7) is -0.00714. The number of aromatic amines is 1. The van der Waals surface area contributed by atoms with Crippen LogP contribution in [0.4, 0.5) is 0 Å². The lowest BCUT2D eigenvalue weighted by molar-refractivity contribution is 0.343. The van der Waals surface area contributed by atoms with Crippen molar-refractivity contribution in [1.29, 1.82) is 0 Å². The standard InChI is InChI=1S/C8H9NO2/c10-5-1-2-7-3-4-9-8(11)6-7/h1-4,6,10H,5H2,(H,9,11). The first-order valence-corrected chi connectivity index (χ1v) is 3.29. The van der Waals surface area contributed by atoms with Gasteiger partial charge in [-0.15, -0.1) is 0 Å². The van der Waals surface area contributed by atoms with Crippen molar-refractivity contribution in [2.24, 2.45) is 0 Å². The first-order valence-electron chi connectivity index (χ1n) is 3.29. The van der Waals surface area contributed by atoms with Gasteiger partial charge in [0.2, 0.25) is 5.56 Å². The number of aliphatic hydroxyl groups is 1. The SMILES string of the molecule is O=c1cc(C=CCO)cc[nH]1. The van der Waals surface area contributed by atoms with Crippen LogP contribution in [-0.4, -0.2) is 16.7 Å². The van der Waals surface area contributed by atoms with Gasteiger partial charge in [0.05, 0.1) is 6.61 Å². The molecule has 0 amide bonds. The molecular formula is C8H9NO2. The topological polar surface area (TPSA) is 53.1 Å². The van der Waals surface area contributed by atoms with Crippen LogP contribution in [-0.2, 0) is 0 Å². The highest BCUT2D eigenvalue weighted by molar-refractivity contribution is 5.47. The summed E-state index contributed by atoms with van der Waals surface area (Å²) in [4.78, 5) is 13.2. The molecule has 3 nitrogen and oxygen atoms in total. The molecule has 0 aromatic carbocycles. The Hall–Kier alpha value is -1.35. The average molecular weight is 151 g/mol. The van der Waals surface area contributed by atoms with E-state index >= 15 is 0 Å². The van der Waals surface area contributed by atoms with Gasteiger partial charge < -0.3 is 10.1 Å². The van der Waals surface area contributed by atoms with Crippen molar-refractivity contribution in [3.05, 3.63) is 40.3 Å². The molecule has 0 saturated carbocycles. The second-order valence-corrected chi connectivity index (χ2v) is 2.07. The van der Waals surface area contributed by atoms with Gasteiger partial charge >= 0.3 is 0 Å². The van der Waals surface area contributed by atoms with Crippen molar-refractivity contribution in [2.75, 3.05) is 6.61 Å². The monoisotopic (exact) mass is 151 g/mol. The molecule has 0 aliphatic rings. The first-order chi connectivity index (χ1) is 5.33. The van der Waals surface area contributed by atoms with Crippen LogP contribution >= 0.6 is 0 Å². The van der Waals surface area contributed by atoms with Crippen LogP contribution < -0.4 is 5.56 Å². The van der Waals surface area contributed by atoms with Crippen molar-refractivity contribution in [2.45, 2.75) is 0 Å². The van der Waals surface area contributed by atoms with Crippen molar-refractivity contribution in [1.82, 2.24) is 4.98 Å². The third kappa shape index (κ3) is 2.39. The molecule has 0 atom stereocenters. The molecule has 1 heterocycles. The molecule has 58 valence electrons. The first kappa shape index (κ1) is 7.75. The lowest BCUT2D eigenvalue weighted by Gasteiger charge is -1.88. The van der Waals surface area contributed by atoms with Gasteiger partial charge in [0.15, 0.2) is 0 Å². The van der Waals surface area contributed by atoms with E-state index in [0.717, 1.165) is 5.56 Å². The van der Waals surface area contributed by atoms with Gasteiger partial charge in [-0.3, -0.25) is 4.79 Å². The third-order valence-corrected chi connectivity index (χ3v) is 1.21. The summed E-state index contributed by atoms with van der Waals surface area (Å²) in [6, 6.07) is 3.22. The molecule has 2 N–H and O–H groups in total. The van der Waals surface area contributed by atoms with Crippen molar-refractivity contribution in [3.63, 3.8) is 0 Å². The molecule has 11 heavy (non-hydrogen) atoms. The van der Waals surface area contributed by atoms with Crippen molar-refractivity contribution >= 4 is 6.08 Å². The van der Waals surface area contributed by atoms with Crippen molar-refractivity contribution < 1.29 is 5.11 Å². The third-order valence-electron chi connectivity index (χ3n) is 1.21. The van der Waals surface area contributed by atoms with Crippen LogP contribution in [0, 0.1) is 0 Å². The summed E-state index contributed by atoms with van der Waals surface area (Å²) in [6.07, 6.45) is 4.84. The van der Waals surface area contributed by atoms with E-state index in [4.69, 9.17) is 5.11 Å². The molecule has 0 aliphatic heterocycles. The fraction of sp³-hybridized carbons (Fsp3) is 0.125. The number of hydrogen-bond donors (Lipinski definition) is 2. The van der Waals surface area contributed by atoms with E-state index in [2.05, 4.69) is 4.98 Å². The molecule has 0 aliphatic carbocycles. The fourth-order valence-corrected chi connectivity index (χ4v) is 0.754. The van der Waals surface area contributed by atoms with Crippen LogP contribution in [0.3, 0.4) is 0 Å². The van der Waals surface area contributed by atoms with E-state index < -0.39 is 0 Å². The molecule has 1 aromatic rings. The zero-order valence-electron chi connectivity index (χ0n) is 5.95. The second-order valence-electron chi connectivity index (χ2n) is 2.07. The molecule has 0 spiro atoms. The Bertz CT molecular complexity index is 301. The lowest BCUT2D eigenvalue weighted by Crippen LogP contribution is -2.01. The quantitative estimate of drug-likeness (QED) is 0.642. The summed E-state index contributed by atoms with van der Waals surface area (Å²) in [5.41, 5.74) is 0.660. The number of rotatable bonds is 2. The number of aromatic nitrogens is 1. The predicted molar refractivity (Wildman–Crippen MR) is 43.2 cm³/mol. The Morgan fingerprint density at radius 3 is 3.09 bits per heavy atom. The van der Waals surface area contributed by atoms with Crippen LogP contribution in [0.5, 0.6) is 0 Å². The molecule has 3 heteroatoms. The van der Waals surface area contributed by atoms with E-state index in [0.29, 0.717) is 0 Å². The van der Waals surface area contributed by atoms with E-state index in [9.17, 15) is 4.79 Å². The predicted octanol–water partition coefficient (Wildman–Crippen LogP) is 0.380. The highest BCUT2D eigenvalue weighted by Gasteiger charge is 1.85. The lowest BCUT2D eigenvalue weighted by atomic mass is 10.2. The number of H-pyrrole nitrogens is 1. The fourth-order valence-electron chi connectivity index (χ4n) is 0.754. The van der Waals surface area contributed by atoms with Crippen LogP contribution in [0.2, 0.25) is 0 Å². The molecule has 0 unspecified atom stereocenters. The molecule has 1 rings (SSSR count). The van der Waals surface area contributed by atoms with E-state index in [1.54, 1.807) is 24.4 Å². The zero-order chi connectivity index (χ0) is 8.10. The number of nitrogens with one attached hydrogen (secondary N) is 1. The molecule has 1 aromatic heterocycles. The van der Waals surface area contributed by atoms with Gasteiger partial charge in [-0.25, -0.2) is 0 Å². The maximum Gasteiger partial charge on any atom is 0.248 e. The van der Waals surface area contributed by atoms with Gasteiger partial charge in [-0.05, 0) is 11.6 Å². The smallest absolute Gasteiger partial charge is 0.248 e. The Morgan fingerprint density at radius 2 is 2.45 bits per heavy atom. The summed E-state index contributed by atoms with van der Waals surface area (Å²) in [5, 5.41) is 8.42. The van der Waals surface area contributed by atoms with Gasteiger partial charge in [-0.2, -0.15) is 0 Å². The Kier molecular flexibility index (Phi) is 2.63. The highest BCUT2D eigenvalue weighted by Crippen LogP contribution is 1.94. The summed E-state index contributed by atoms with van der Waals surface area (Å²) >= 11 is 0. The molecule has 0 bridgehead atoms. The molecular weight excluding hydrogens is 142 g/mol. The van der Waals surface area contributed by atoms with E-state index in [-0.39, 0.29) is 12.2 Å². The number of aliphatic hydroxyl groups excluding tert-OH is 1. The second kappa shape index (κ2) is 3.73. The Labute approximate surface area is 64.0 Å². The van der Waals surface area contributed by atoms with Gasteiger partial charge in [0, 0.05) is 12.3 Å². The largest absolute Gasteiger partial charge is 0.392 e. The summed E-state index contributed by atoms with van der Waals surface area (Å²) < 4.78 is 0. The van der Waals surface area contributed by atoms with Gasteiger partial charge in [0.25, 0.3) is 0 Å². The van der Waals surface area contributed by atoms with Gasteiger partial charge in [-0.1, -0.05) is 12.2 Å². The average Bonchev–Trinajstić information content (AvgIpc) is 2.01. The molecule has 0 saturated heterocycles. The maximum absolute atomic E-state index is 10.7. The van der Waals surface area contributed by atoms with Crippen LogP contribution in [0.1, 0.15) is 5.56 Å². The van der Waals surface area contributed by atoms with Crippen LogP contribution in [0.25, 0.3) is 6.08 Å². The van der Waals surface area contributed by atoms with E-state index in [1.807, 2.05) is 0 Å². The number of pyridine rings is 1. The highest BCUT2D eigenvalue weighted by atomic mass is 16.2. The van der Waals surface area contributed by atoms with Gasteiger partial charge in [0.1, 0.15) is 0 Å². The Balaban J connectivity index is 2.88. The Morgan fingerprint density at radius 1 is 1.64 bits per heavy atom. The summed E-state index contributed by atoms with van der Waals surface area (Å²) in [5.74, 6) is 0. The van der Waals surface area contributed by atoms with E-state index in [1.165, 1.54) is 6.07 Å². The van der Waals surface area contributed by atoms with Crippen molar-refractivity contribution in [3.8, 4) is 0 Å². The minimum absolute atomic E-state index is 0.00714.